The molecule has 0 saturated heterocycles. The van der Waals surface area contributed by atoms with Gasteiger partial charge in [-0.1, -0.05) is 6.42 Å². The Bertz CT molecular complexity index is 819. The van der Waals surface area contributed by atoms with Gasteiger partial charge in [-0.3, -0.25) is 9.36 Å². The molecule has 0 aliphatic heterocycles. The molecule has 3 N–H and O–H groups in total. The quantitative estimate of drug-likeness (QED) is 0.750. The predicted molar refractivity (Wildman–Crippen MR) is 112 cm³/mol. The molecule has 0 bridgehead atoms. The van der Waals surface area contributed by atoms with Crippen LogP contribution in [0.5, 0.6) is 0 Å². The van der Waals surface area contributed by atoms with Gasteiger partial charge in [-0.25, -0.2) is 4.79 Å². The number of rotatable bonds is 6. The second-order valence-corrected chi connectivity index (χ2v) is 7.11. The summed E-state index contributed by atoms with van der Waals surface area (Å²) in [6.45, 7) is 1.26. The number of oxazole rings is 1. The molecule has 9 heteroatoms. The number of nitrogens with zero attached hydrogens (tertiary/aromatic N) is 2. The van der Waals surface area contributed by atoms with Crippen LogP contribution in [-0.2, 0) is 11.3 Å². The van der Waals surface area contributed by atoms with Crippen LogP contribution >= 0.6 is 24.8 Å². The number of carbonyl (C=O) groups is 1. The molecule has 7 nitrogen and oxygen atoms in total. The lowest BCUT2D eigenvalue weighted by molar-refractivity contribution is -0.117. The van der Waals surface area contributed by atoms with Gasteiger partial charge in [0.05, 0.1) is 5.52 Å². The molecule has 1 fully saturated rings. The number of hydrogen-bond donors (Lipinski definition) is 2. The largest absolute Gasteiger partial charge is 0.419 e. The van der Waals surface area contributed by atoms with E-state index in [2.05, 4.69) is 5.32 Å². The maximum atomic E-state index is 12.3. The summed E-state index contributed by atoms with van der Waals surface area (Å²) in [6.07, 6.45) is 3.55. The van der Waals surface area contributed by atoms with Crippen LogP contribution in [0.2, 0.25) is 0 Å². The van der Waals surface area contributed by atoms with Crippen molar-refractivity contribution in [3.63, 3.8) is 0 Å². The van der Waals surface area contributed by atoms with Gasteiger partial charge in [0.25, 0.3) is 0 Å². The molecule has 1 amide bonds. The monoisotopic (exact) mass is 418 g/mol. The summed E-state index contributed by atoms with van der Waals surface area (Å²) in [6, 6.07) is 5.40. The van der Waals surface area contributed by atoms with Crippen molar-refractivity contribution in [3.8, 4) is 0 Å². The number of hydrogen-bond acceptors (Lipinski definition) is 5. The van der Waals surface area contributed by atoms with Crippen LogP contribution in [0.4, 0.5) is 5.69 Å². The van der Waals surface area contributed by atoms with Crippen molar-refractivity contribution in [1.29, 1.82) is 0 Å². The highest BCUT2D eigenvalue weighted by atomic mass is 35.5. The Morgan fingerprint density at radius 3 is 2.70 bits per heavy atom. The Labute approximate surface area is 171 Å². The SMILES string of the molecule is CN(C)CCn1c(=O)oc2ccc(NC(=O)C[C@@H]3CCC[C@H]3N)cc21.Cl.Cl. The van der Waals surface area contributed by atoms with Gasteiger partial charge >= 0.3 is 5.76 Å². The number of nitrogens with two attached hydrogens (primary N) is 1. The maximum absolute atomic E-state index is 12.3. The van der Waals surface area contributed by atoms with Gasteiger partial charge in [-0.15, -0.1) is 24.8 Å². The van der Waals surface area contributed by atoms with Crippen molar-refractivity contribution in [2.75, 3.05) is 26.0 Å². The lowest BCUT2D eigenvalue weighted by Gasteiger charge is -2.15. The second-order valence-electron chi connectivity index (χ2n) is 7.11. The van der Waals surface area contributed by atoms with Gasteiger partial charge in [0.15, 0.2) is 5.58 Å². The fourth-order valence-electron chi connectivity index (χ4n) is 3.42. The third-order valence-electron chi connectivity index (χ3n) is 4.89. The highest BCUT2D eigenvalue weighted by Gasteiger charge is 2.26. The van der Waals surface area contributed by atoms with Gasteiger partial charge in [0.1, 0.15) is 0 Å². The van der Waals surface area contributed by atoms with E-state index in [-0.39, 0.29) is 48.4 Å². The number of aromatic nitrogens is 1. The highest BCUT2D eigenvalue weighted by molar-refractivity contribution is 5.93. The van der Waals surface area contributed by atoms with Crippen LogP contribution in [0.1, 0.15) is 25.7 Å². The van der Waals surface area contributed by atoms with Crippen LogP contribution in [-0.4, -0.2) is 42.1 Å². The number of fused-ring (bicyclic) bond motifs is 1. The molecule has 0 spiro atoms. The lowest BCUT2D eigenvalue weighted by atomic mass is 10.00. The number of anilines is 1. The normalized spacial score (nSPS) is 19.0. The van der Waals surface area contributed by atoms with E-state index in [1.807, 2.05) is 19.0 Å². The fourth-order valence-corrected chi connectivity index (χ4v) is 3.42. The third-order valence-corrected chi connectivity index (χ3v) is 4.89. The first-order valence-electron chi connectivity index (χ1n) is 8.77. The summed E-state index contributed by atoms with van der Waals surface area (Å²) >= 11 is 0. The van der Waals surface area contributed by atoms with Crippen molar-refractivity contribution in [2.24, 2.45) is 11.7 Å². The molecule has 1 saturated carbocycles. The number of amides is 1. The average molecular weight is 419 g/mol. The summed E-state index contributed by atoms with van der Waals surface area (Å²) in [5.74, 6) is -0.152. The summed E-state index contributed by atoms with van der Waals surface area (Å²) < 4.78 is 6.87. The summed E-state index contributed by atoms with van der Waals surface area (Å²) in [5.41, 5.74) is 7.93. The minimum absolute atomic E-state index is 0. The minimum atomic E-state index is -0.378. The van der Waals surface area contributed by atoms with E-state index >= 15 is 0 Å². The molecule has 2 atom stereocenters. The standard InChI is InChI=1S/C18H26N4O3.2ClH/c1-21(2)8-9-22-15-11-13(6-7-16(15)25-18(22)24)20-17(23)10-12-4-3-5-14(12)19;;/h6-7,11-12,14H,3-5,8-10,19H2,1-2H3,(H,20,23);2*1H/t12-,14+;;/m0../s1. The first kappa shape index (κ1) is 23.5. The highest BCUT2D eigenvalue weighted by Crippen LogP contribution is 2.27. The second kappa shape index (κ2) is 10.1. The Hall–Kier alpha value is -1.54. The van der Waals surface area contributed by atoms with E-state index in [0.717, 1.165) is 25.8 Å². The molecule has 1 aromatic carbocycles. The van der Waals surface area contributed by atoms with E-state index in [1.54, 1.807) is 22.8 Å². The van der Waals surface area contributed by atoms with E-state index in [0.29, 0.717) is 29.8 Å². The van der Waals surface area contributed by atoms with Crippen LogP contribution in [0.3, 0.4) is 0 Å². The Balaban J connectivity index is 0.00000182. The van der Waals surface area contributed by atoms with Crippen LogP contribution < -0.4 is 16.8 Å². The van der Waals surface area contributed by atoms with Gasteiger partial charge < -0.3 is 20.4 Å². The van der Waals surface area contributed by atoms with E-state index in [4.69, 9.17) is 10.2 Å². The smallest absolute Gasteiger partial charge is 0.408 e. The molecule has 1 aromatic heterocycles. The molecule has 1 aliphatic rings. The number of benzene rings is 1. The van der Waals surface area contributed by atoms with Crippen molar-refractivity contribution < 1.29 is 9.21 Å². The Morgan fingerprint density at radius 1 is 1.33 bits per heavy atom. The van der Waals surface area contributed by atoms with Crippen molar-refractivity contribution in [3.05, 3.63) is 28.7 Å². The fraction of sp³-hybridized carbons (Fsp3) is 0.556. The number of carbonyl (C=O) groups excluding carboxylic acids is 1. The maximum Gasteiger partial charge on any atom is 0.419 e. The Kier molecular flexibility index (Phi) is 8.81. The predicted octanol–water partition coefficient (Wildman–Crippen LogP) is 2.46. The van der Waals surface area contributed by atoms with Crippen molar-refractivity contribution >= 4 is 47.5 Å². The zero-order chi connectivity index (χ0) is 18.0. The summed E-state index contributed by atoms with van der Waals surface area (Å²) in [5, 5.41) is 2.92. The molecule has 2 aromatic rings. The van der Waals surface area contributed by atoms with E-state index < -0.39 is 0 Å². The summed E-state index contributed by atoms with van der Waals surface area (Å²) in [4.78, 5) is 26.3. The number of likely N-dealkylation sites (N-methyl/N-ethyl adjacent to an activating group) is 1. The number of nitrogens with one attached hydrogen (secondary N) is 1. The van der Waals surface area contributed by atoms with Crippen LogP contribution in [0.25, 0.3) is 11.1 Å². The molecule has 27 heavy (non-hydrogen) atoms. The van der Waals surface area contributed by atoms with Crippen LogP contribution in [0, 0.1) is 5.92 Å². The van der Waals surface area contributed by atoms with Gasteiger partial charge in [0, 0.05) is 31.2 Å². The third kappa shape index (κ3) is 5.72. The number of halogens is 2. The minimum Gasteiger partial charge on any atom is -0.408 e. The average Bonchev–Trinajstić information content (AvgIpc) is 3.08. The topological polar surface area (TPSA) is 93.5 Å². The first-order chi connectivity index (χ1) is 11.9. The summed E-state index contributed by atoms with van der Waals surface area (Å²) in [7, 11) is 3.90. The van der Waals surface area contributed by atoms with Crippen molar-refractivity contribution in [2.45, 2.75) is 38.3 Å². The molecular formula is C18H28Cl2N4O3. The molecule has 3 rings (SSSR count). The zero-order valence-corrected chi connectivity index (χ0v) is 17.3. The van der Waals surface area contributed by atoms with Gasteiger partial charge in [-0.2, -0.15) is 0 Å². The Morgan fingerprint density at radius 2 is 2.07 bits per heavy atom. The van der Waals surface area contributed by atoms with Gasteiger partial charge in [-0.05, 0) is 51.1 Å². The van der Waals surface area contributed by atoms with Crippen molar-refractivity contribution in [1.82, 2.24) is 9.47 Å². The molecule has 1 heterocycles. The zero-order valence-electron chi connectivity index (χ0n) is 15.6. The van der Waals surface area contributed by atoms with E-state index in [1.165, 1.54) is 0 Å². The lowest BCUT2D eigenvalue weighted by Crippen LogP contribution is -2.28. The molecule has 0 unspecified atom stereocenters. The molecule has 0 radical (unpaired) electrons. The molecular weight excluding hydrogens is 391 g/mol. The molecule has 1 aliphatic carbocycles. The molecule has 152 valence electrons. The van der Waals surface area contributed by atoms with E-state index in [9.17, 15) is 9.59 Å². The van der Waals surface area contributed by atoms with Gasteiger partial charge in [0.2, 0.25) is 5.91 Å². The first-order valence-corrected chi connectivity index (χ1v) is 8.77. The van der Waals surface area contributed by atoms with Crippen LogP contribution in [0.15, 0.2) is 27.4 Å².